The summed E-state index contributed by atoms with van der Waals surface area (Å²) in [6.45, 7) is 0. The number of nitrogens with zero attached hydrogens (tertiary/aromatic N) is 1. The van der Waals surface area contributed by atoms with E-state index in [0.29, 0.717) is 5.69 Å². The number of hydrogen-bond donors (Lipinski definition) is 4. The third-order valence-corrected chi connectivity index (χ3v) is 2.84. The molecule has 4 N–H and O–H groups in total. The SMILES string of the molecule is COc1cc(NC(=O)Nc2cn[nH]c2)c(Cl)cc1C(=O)O. The van der Waals surface area contributed by atoms with Gasteiger partial charge in [-0.25, -0.2) is 9.59 Å². The van der Waals surface area contributed by atoms with E-state index in [0.717, 1.165) is 0 Å². The molecule has 0 saturated heterocycles. The zero-order valence-electron chi connectivity index (χ0n) is 10.8. The van der Waals surface area contributed by atoms with Crippen molar-refractivity contribution < 1.29 is 19.4 Å². The van der Waals surface area contributed by atoms with E-state index in [9.17, 15) is 9.59 Å². The summed E-state index contributed by atoms with van der Waals surface area (Å²) in [7, 11) is 1.32. The summed E-state index contributed by atoms with van der Waals surface area (Å²) in [5.74, 6) is -1.09. The van der Waals surface area contributed by atoms with Gasteiger partial charge in [-0.3, -0.25) is 5.10 Å². The average Bonchev–Trinajstić information content (AvgIpc) is 2.93. The number of aromatic amines is 1. The van der Waals surface area contributed by atoms with E-state index in [1.807, 2.05) is 0 Å². The van der Waals surface area contributed by atoms with Gasteiger partial charge in [0.05, 0.1) is 29.7 Å². The largest absolute Gasteiger partial charge is 0.496 e. The van der Waals surface area contributed by atoms with Gasteiger partial charge in [0.1, 0.15) is 11.3 Å². The van der Waals surface area contributed by atoms with Crippen LogP contribution in [0.4, 0.5) is 16.2 Å². The minimum Gasteiger partial charge on any atom is -0.496 e. The van der Waals surface area contributed by atoms with Crippen molar-refractivity contribution in [2.75, 3.05) is 17.7 Å². The van der Waals surface area contributed by atoms with Crippen molar-refractivity contribution in [3.05, 3.63) is 35.1 Å². The molecule has 0 fully saturated rings. The molecule has 0 aliphatic heterocycles. The van der Waals surface area contributed by atoms with Crippen molar-refractivity contribution >= 4 is 35.0 Å². The van der Waals surface area contributed by atoms with Crippen LogP contribution in [0.3, 0.4) is 0 Å². The molecule has 2 amide bonds. The van der Waals surface area contributed by atoms with Crippen molar-refractivity contribution in [1.82, 2.24) is 10.2 Å². The number of H-pyrrole nitrogens is 1. The van der Waals surface area contributed by atoms with Gasteiger partial charge in [-0.15, -0.1) is 0 Å². The topological polar surface area (TPSA) is 116 Å². The molecule has 0 aliphatic carbocycles. The number of aromatic nitrogens is 2. The van der Waals surface area contributed by atoms with Gasteiger partial charge < -0.3 is 20.5 Å². The lowest BCUT2D eigenvalue weighted by Gasteiger charge is -2.11. The first kappa shape index (κ1) is 14.7. The van der Waals surface area contributed by atoms with Crippen molar-refractivity contribution in [1.29, 1.82) is 0 Å². The van der Waals surface area contributed by atoms with Crippen LogP contribution < -0.4 is 15.4 Å². The molecule has 8 nitrogen and oxygen atoms in total. The van der Waals surface area contributed by atoms with Crippen LogP contribution in [0.1, 0.15) is 10.4 Å². The number of aromatic carboxylic acids is 1. The Bertz CT molecular complexity index is 672. The number of amides is 2. The lowest BCUT2D eigenvalue weighted by Crippen LogP contribution is -2.19. The summed E-state index contributed by atoms with van der Waals surface area (Å²) in [5, 5.41) is 20.3. The maximum Gasteiger partial charge on any atom is 0.339 e. The number of carboxylic acids is 1. The number of benzene rings is 1. The minimum atomic E-state index is -1.18. The third kappa shape index (κ3) is 3.42. The smallest absolute Gasteiger partial charge is 0.339 e. The Hall–Kier alpha value is -2.74. The molecule has 21 heavy (non-hydrogen) atoms. The van der Waals surface area contributed by atoms with E-state index in [1.165, 1.54) is 31.6 Å². The number of anilines is 2. The second-order valence-corrected chi connectivity index (χ2v) is 4.31. The van der Waals surface area contributed by atoms with Crippen LogP contribution in [-0.4, -0.2) is 34.4 Å². The Balaban J connectivity index is 2.20. The summed E-state index contributed by atoms with van der Waals surface area (Å²) in [5.41, 5.74) is 0.598. The van der Waals surface area contributed by atoms with Crippen LogP contribution in [0.5, 0.6) is 5.75 Å². The summed E-state index contributed by atoms with van der Waals surface area (Å²) in [6.07, 6.45) is 2.92. The molecule has 0 radical (unpaired) electrons. The molecule has 0 unspecified atom stereocenters. The minimum absolute atomic E-state index is 0.0792. The number of carbonyl (C=O) groups is 2. The van der Waals surface area contributed by atoms with Crippen molar-refractivity contribution in [3.8, 4) is 5.75 Å². The molecular weight excluding hydrogens is 300 g/mol. The fraction of sp³-hybridized carbons (Fsp3) is 0.0833. The molecule has 1 aromatic heterocycles. The molecule has 2 rings (SSSR count). The highest BCUT2D eigenvalue weighted by Crippen LogP contribution is 2.31. The zero-order chi connectivity index (χ0) is 15.4. The van der Waals surface area contributed by atoms with Gasteiger partial charge in [0.2, 0.25) is 0 Å². The molecule has 0 spiro atoms. The molecule has 9 heteroatoms. The number of carbonyl (C=O) groups excluding carboxylic acids is 1. The van der Waals surface area contributed by atoms with Crippen molar-refractivity contribution in [2.24, 2.45) is 0 Å². The first-order chi connectivity index (χ1) is 10.0. The second kappa shape index (κ2) is 6.14. The Kier molecular flexibility index (Phi) is 4.29. The van der Waals surface area contributed by atoms with Crippen LogP contribution in [0, 0.1) is 0 Å². The highest BCUT2D eigenvalue weighted by molar-refractivity contribution is 6.34. The molecular formula is C12H11ClN4O4. The van der Waals surface area contributed by atoms with Gasteiger partial charge in [-0.05, 0) is 6.07 Å². The summed E-state index contributed by atoms with van der Waals surface area (Å²) in [6, 6.07) is 1.99. The van der Waals surface area contributed by atoms with Gasteiger partial charge in [0, 0.05) is 12.3 Å². The van der Waals surface area contributed by atoms with Gasteiger partial charge in [-0.2, -0.15) is 5.10 Å². The van der Waals surface area contributed by atoms with Crippen molar-refractivity contribution in [3.63, 3.8) is 0 Å². The van der Waals surface area contributed by atoms with Crippen LogP contribution in [0.25, 0.3) is 0 Å². The molecule has 0 atom stereocenters. The Labute approximate surface area is 124 Å². The number of ether oxygens (including phenoxy) is 1. The fourth-order valence-electron chi connectivity index (χ4n) is 1.59. The summed E-state index contributed by atoms with van der Waals surface area (Å²) in [4.78, 5) is 22.8. The lowest BCUT2D eigenvalue weighted by atomic mass is 10.2. The average molecular weight is 311 g/mol. The zero-order valence-corrected chi connectivity index (χ0v) is 11.6. The second-order valence-electron chi connectivity index (χ2n) is 3.90. The van der Waals surface area contributed by atoms with Crippen LogP contribution >= 0.6 is 11.6 Å². The fourth-order valence-corrected chi connectivity index (χ4v) is 1.80. The number of carboxylic acid groups (broad SMARTS) is 1. The molecule has 0 saturated carbocycles. The molecule has 1 heterocycles. The summed E-state index contributed by atoms with van der Waals surface area (Å²) >= 11 is 5.95. The van der Waals surface area contributed by atoms with Crippen LogP contribution in [0.15, 0.2) is 24.5 Å². The molecule has 110 valence electrons. The van der Waals surface area contributed by atoms with Crippen LogP contribution in [-0.2, 0) is 0 Å². The number of methoxy groups -OCH3 is 1. The standard InChI is InChI=1S/C12H11ClN4O4/c1-21-10-3-9(8(13)2-7(10)11(18)19)17-12(20)16-6-4-14-15-5-6/h2-5H,1H3,(H,14,15)(H,18,19)(H2,16,17,20). The van der Waals surface area contributed by atoms with E-state index < -0.39 is 12.0 Å². The van der Waals surface area contributed by atoms with E-state index in [4.69, 9.17) is 21.4 Å². The van der Waals surface area contributed by atoms with E-state index in [2.05, 4.69) is 20.8 Å². The quantitative estimate of drug-likeness (QED) is 0.692. The molecule has 0 aliphatic rings. The Morgan fingerprint density at radius 1 is 1.38 bits per heavy atom. The Morgan fingerprint density at radius 3 is 2.71 bits per heavy atom. The highest BCUT2D eigenvalue weighted by Gasteiger charge is 2.16. The molecule has 0 bridgehead atoms. The van der Waals surface area contributed by atoms with E-state index in [-0.39, 0.29) is 22.0 Å². The first-order valence-corrected chi connectivity index (χ1v) is 6.06. The van der Waals surface area contributed by atoms with Gasteiger partial charge >= 0.3 is 12.0 Å². The van der Waals surface area contributed by atoms with Gasteiger partial charge in [0.25, 0.3) is 0 Å². The number of halogens is 1. The van der Waals surface area contributed by atoms with Gasteiger partial charge in [0.15, 0.2) is 0 Å². The van der Waals surface area contributed by atoms with Crippen molar-refractivity contribution in [2.45, 2.75) is 0 Å². The molecule has 2 aromatic rings. The first-order valence-electron chi connectivity index (χ1n) is 5.69. The predicted molar refractivity (Wildman–Crippen MR) is 76.2 cm³/mol. The number of hydrogen-bond acceptors (Lipinski definition) is 4. The maximum absolute atomic E-state index is 11.8. The summed E-state index contributed by atoms with van der Waals surface area (Å²) < 4.78 is 4.96. The normalized spacial score (nSPS) is 10.0. The van der Waals surface area contributed by atoms with E-state index in [1.54, 1.807) is 0 Å². The third-order valence-electron chi connectivity index (χ3n) is 2.52. The number of urea groups is 1. The highest BCUT2D eigenvalue weighted by atomic mass is 35.5. The number of rotatable bonds is 4. The van der Waals surface area contributed by atoms with Gasteiger partial charge in [-0.1, -0.05) is 11.6 Å². The monoisotopic (exact) mass is 310 g/mol. The Morgan fingerprint density at radius 2 is 2.14 bits per heavy atom. The van der Waals surface area contributed by atoms with E-state index >= 15 is 0 Å². The maximum atomic E-state index is 11.8. The predicted octanol–water partition coefficient (Wildman–Crippen LogP) is 2.41. The van der Waals surface area contributed by atoms with Crippen LogP contribution in [0.2, 0.25) is 5.02 Å². The molecule has 1 aromatic carbocycles. The lowest BCUT2D eigenvalue weighted by molar-refractivity contribution is 0.0693. The number of nitrogens with one attached hydrogen (secondary N) is 3.